The monoisotopic (exact) mass is 249 g/mol. The van der Waals surface area contributed by atoms with Gasteiger partial charge in [-0.25, -0.2) is 4.98 Å². The van der Waals surface area contributed by atoms with Crippen LogP contribution in [0.15, 0.2) is 12.1 Å². The number of nitrogens with one attached hydrogen (secondary N) is 1. The van der Waals surface area contributed by atoms with E-state index >= 15 is 0 Å². The van der Waals surface area contributed by atoms with Gasteiger partial charge in [0.2, 0.25) is 0 Å². The van der Waals surface area contributed by atoms with E-state index in [1.165, 1.54) is 0 Å². The molecule has 0 amide bonds. The van der Waals surface area contributed by atoms with Crippen LogP contribution in [0.5, 0.6) is 0 Å². The Bertz CT molecular complexity index is 402. The third-order valence-corrected chi connectivity index (χ3v) is 2.34. The van der Waals surface area contributed by atoms with E-state index in [0.717, 1.165) is 18.7 Å². The molecule has 0 fully saturated rings. The molecule has 0 spiro atoms. The molecule has 0 aliphatic carbocycles. The van der Waals surface area contributed by atoms with Crippen LogP contribution in [-0.4, -0.2) is 38.5 Å². The maximum atomic E-state index is 8.94. The van der Waals surface area contributed by atoms with Gasteiger partial charge in [0.15, 0.2) is 0 Å². The summed E-state index contributed by atoms with van der Waals surface area (Å²) in [5.41, 5.74) is 1.47. The van der Waals surface area contributed by atoms with Gasteiger partial charge in [-0.15, -0.1) is 0 Å². The number of anilines is 1. The molecule has 5 nitrogen and oxygen atoms in total. The van der Waals surface area contributed by atoms with Gasteiger partial charge >= 0.3 is 0 Å². The summed E-state index contributed by atoms with van der Waals surface area (Å²) in [6.45, 7) is 4.54. The lowest BCUT2D eigenvalue weighted by atomic mass is 10.2. The molecule has 0 aliphatic heterocycles. The maximum Gasteiger partial charge on any atom is 0.144 e. The Balaban J connectivity index is 2.27. The van der Waals surface area contributed by atoms with Crippen LogP contribution in [0.25, 0.3) is 0 Å². The summed E-state index contributed by atoms with van der Waals surface area (Å²) in [6.07, 6.45) is 0.865. The average Bonchev–Trinajstić information content (AvgIpc) is 2.38. The number of aromatic nitrogens is 1. The molecule has 0 radical (unpaired) electrons. The highest BCUT2D eigenvalue weighted by atomic mass is 16.5. The number of ether oxygens (including phenoxy) is 2. The molecule has 18 heavy (non-hydrogen) atoms. The molecule has 1 aromatic rings. The second-order valence-electron chi connectivity index (χ2n) is 3.85. The summed E-state index contributed by atoms with van der Waals surface area (Å²) in [5.74, 6) is 0.648. The molecule has 1 heterocycles. The molecule has 0 aliphatic rings. The van der Waals surface area contributed by atoms with Crippen LogP contribution < -0.4 is 5.32 Å². The smallest absolute Gasteiger partial charge is 0.144 e. The van der Waals surface area contributed by atoms with Crippen molar-refractivity contribution in [2.45, 2.75) is 13.3 Å². The average molecular weight is 249 g/mol. The number of hydrogen-bond acceptors (Lipinski definition) is 5. The van der Waals surface area contributed by atoms with Crippen molar-refractivity contribution in [3.05, 3.63) is 23.4 Å². The highest BCUT2D eigenvalue weighted by Gasteiger charge is 2.02. The van der Waals surface area contributed by atoms with Crippen molar-refractivity contribution < 1.29 is 9.47 Å². The van der Waals surface area contributed by atoms with Crippen molar-refractivity contribution in [3.8, 4) is 6.07 Å². The van der Waals surface area contributed by atoms with Crippen molar-refractivity contribution in [1.29, 1.82) is 5.26 Å². The lowest BCUT2D eigenvalue weighted by molar-refractivity contribution is 0.0705. The molecule has 0 saturated heterocycles. The van der Waals surface area contributed by atoms with Gasteiger partial charge in [0.05, 0.1) is 18.8 Å². The second-order valence-corrected chi connectivity index (χ2v) is 3.85. The summed E-state index contributed by atoms with van der Waals surface area (Å²) in [6, 6.07) is 5.73. The Kier molecular flexibility index (Phi) is 6.77. The van der Waals surface area contributed by atoms with E-state index in [9.17, 15) is 0 Å². The van der Waals surface area contributed by atoms with Gasteiger partial charge in [0, 0.05) is 26.0 Å². The van der Waals surface area contributed by atoms with E-state index in [-0.39, 0.29) is 0 Å². The standard InChI is InChI=1S/C13H19N3O2/c1-11-4-5-12(10-14)13(16-11)15-6-3-7-18-9-8-17-2/h4-5H,3,6-9H2,1-2H3,(H,15,16). The van der Waals surface area contributed by atoms with Crippen LogP contribution in [0.2, 0.25) is 0 Å². The second kappa shape index (κ2) is 8.45. The van der Waals surface area contributed by atoms with Gasteiger partial charge in [-0.2, -0.15) is 5.26 Å². The summed E-state index contributed by atoms with van der Waals surface area (Å²) < 4.78 is 10.2. The van der Waals surface area contributed by atoms with Crippen LogP contribution in [0.3, 0.4) is 0 Å². The van der Waals surface area contributed by atoms with Gasteiger partial charge in [-0.05, 0) is 25.5 Å². The van der Waals surface area contributed by atoms with Crippen LogP contribution in [0.1, 0.15) is 17.7 Å². The van der Waals surface area contributed by atoms with Crippen LogP contribution >= 0.6 is 0 Å². The van der Waals surface area contributed by atoms with Gasteiger partial charge in [-0.1, -0.05) is 0 Å². The van der Waals surface area contributed by atoms with Crippen molar-refractivity contribution >= 4 is 5.82 Å². The van der Waals surface area contributed by atoms with E-state index < -0.39 is 0 Å². The van der Waals surface area contributed by atoms with Crippen LogP contribution in [0.4, 0.5) is 5.82 Å². The van der Waals surface area contributed by atoms with Crippen molar-refractivity contribution in [2.24, 2.45) is 0 Å². The Morgan fingerprint density at radius 2 is 2.17 bits per heavy atom. The largest absolute Gasteiger partial charge is 0.382 e. The summed E-state index contributed by atoms with van der Waals surface area (Å²) in [4.78, 5) is 4.30. The number of methoxy groups -OCH3 is 1. The molecule has 0 aromatic carbocycles. The first-order valence-corrected chi connectivity index (χ1v) is 5.96. The summed E-state index contributed by atoms with van der Waals surface area (Å²) >= 11 is 0. The van der Waals surface area contributed by atoms with Gasteiger partial charge in [0.1, 0.15) is 11.9 Å². The Labute approximate surface area is 108 Å². The van der Waals surface area contributed by atoms with Crippen LogP contribution in [0, 0.1) is 18.3 Å². The third kappa shape index (κ3) is 5.13. The van der Waals surface area contributed by atoms with Crippen molar-refractivity contribution in [3.63, 3.8) is 0 Å². The van der Waals surface area contributed by atoms with Crippen molar-refractivity contribution in [1.82, 2.24) is 4.98 Å². The summed E-state index contributed by atoms with van der Waals surface area (Å²) in [5, 5.41) is 12.1. The first-order chi connectivity index (χ1) is 8.77. The normalized spacial score (nSPS) is 10.1. The molecule has 98 valence electrons. The highest BCUT2D eigenvalue weighted by molar-refractivity contribution is 5.52. The van der Waals surface area contributed by atoms with E-state index in [1.54, 1.807) is 13.2 Å². The predicted octanol–water partition coefficient (Wildman–Crippen LogP) is 1.73. The predicted molar refractivity (Wildman–Crippen MR) is 69.5 cm³/mol. The lowest BCUT2D eigenvalue weighted by Gasteiger charge is -2.08. The molecule has 0 atom stereocenters. The SMILES string of the molecule is COCCOCCCNc1nc(C)ccc1C#N. The fraction of sp³-hybridized carbons (Fsp3) is 0.538. The Hall–Kier alpha value is -1.64. The maximum absolute atomic E-state index is 8.94. The topological polar surface area (TPSA) is 67.2 Å². The van der Waals surface area contributed by atoms with E-state index in [4.69, 9.17) is 14.7 Å². The molecule has 5 heteroatoms. The number of rotatable bonds is 8. The molecular weight excluding hydrogens is 230 g/mol. The quantitative estimate of drug-likeness (QED) is 0.711. The Morgan fingerprint density at radius 1 is 1.33 bits per heavy atom. The molecule has 0 unspecified atom stereocenters. The fourth-order valence-corrected chi connectivity index (χ4v) is 1.41. The summed E-state index contributed by atoms with van der Waals surface area (Å²) in [7, 11) is 1.65. The number of hydrogen-bond donors (Lipinski definition) is 1. The lowest BCUT2D eigenvalue weighted by Crippen LogP contribution is -2.10. The number of nitrogens with zero attached hydrogens (tertiary/aromatic N) is 2. The number of pyridine rings is 1. The molecule has 1 rings (SSSR count). The number of aryl methyl sites for hydroxylation is 1. The van der Waals surface area contributed by atoms with E-state index in [0.29, 0.717) is 31.2 Å². The van der Waals surface area contributed by atoms with E-state index in [1.807, 2.05) is 13.0 Å². The highest BCUT2D eigenvalue weighted by Crippen LogP contribution is 2.11. The zero-order valence-corrected chi connectivity index (χ0v) is 10.9. The minimum absolute atomic E-state index is 0.570. The zero-order valence-electron chi connectivity index (χ0n) is 10.9. The van der Waals surface area contributed by atoms with Gasteiger partial charge < -0.3 is 14.8 Å². The molecule has 1 N–H and O–H groups in total. The molecular formula is C13H19N3O2. The molecule has 1 aromatic heterocycles. The van der Waals surface area contributed by atoms with Gasteiger partial charge in [-0.3, -0.25) is 0 Å². The molecule has 0 saturated carbocycles. The van der Waals surface area contributed by atoms with Crippen LogP contribution in [-0.2, 0) is 9.47 Å². The first-order valence-electron chi connectivity index (χ1n) is 5.96. The van der Waals surface area contributed by atoms with E-state index in [2.05, 4.69) is 16.4 Å². The number of nitriles is 1. The third-order valence-electron chi connectivity index (χ3n) is 2.34. The fourth-order valence-electron chi connectivity index (χ4n) is 1.41. The first kappa shape index (κ1) is 14.4. The van der Waals surface area contributed by atoms with Gasteiger partial charge in [0.25, 0.3) is 0 Å². The molecule has 0 bridgehead atoms. The zero-order chi connectivity index (χ0) is 13.2. The van der Waals surface area contributed by atoms with Crippen molar-refractivity contribution in [2.75, 3.05) is 38.8 Å². The Morgan fingerprint density at radius 3 is 2.89 bits per heavy atom. The minimum atomic E-state index is 0.570. The minimum Gasteiger partial charge on any atom is -0.382 e.